The first kappa shape index (κ1) is 19.8. The van der Waals surface area contributed by atoms with Crippen LogP contribution in [-0.4, -0.2) is 39.0 Å². The SMILES string of the molecule is O=C(c1ccc(F)c(F)c1)N1CC(c2cccnc2)C(c2nc(C3CCCC3)no2)C1. The number of likely N-dealkylation sites (tertiary alicyclic amines) is 1. The van der Waals surface area contributed by atoms with E-state index in [0.717, 1.165) is 36.4 Å². The number of halogens is 2. The molecule has 1 saturated heterocycles. The molecule has 1 amide bonds. The Morgan fingerprint density at radius 3 is 2.61 bits per heavy atom. The summed E-state index contributed by atoms with van der Waals surface area (Å²) in [5.41, 5.74) is 1.08. The largest absolute Gasteiger partial charge is 0.339 e. The van der Waals surface area contributed by atoms with Crippen LogP contribution in [0.3, 0.4) is 0 Å². The van der Waals surface area contributed by atoms with E-state index in [-0.39, 0.29) is 23.3 Å². The summed E-state index contributed by atoms with van der Waals surface area (Å²) in [5, 5.41) is 4.22. The van der Waals surface area contributed by atoms with Crippen LogP contribution < -0.4 is 0 Å². The highest BCUT2D eigenvalue weighted by Gasteiger charge is 2.41. The van der Waals surface area contributed by atoms with Crippen molar-refractivity contribution in [1.29, 1.82) is 0 Å². The van der Waals surface area contributed by atoms with Crippen molar-refractivity contribution in [3.8, 4) is 0 Å². The van der Waals surface area contributed by atoms with E-state index in [1.165, 1.54) is 18.9 Å². The number of hydrogen-bond donors (Lipinski definition) is 0. The molecule has 0 N–H and O–H groups in total. The van der Waals surface area contributed by atoms with Crippen LogP contribution in [0.5, 0.6) is 0 Å². The molecule has 2 unspecified atom stereocenters. The van der Waals surface area contributed by atoms with Crippen molar-refractivity contribution in [2.75, 3.05) is 13.1 Å². The van der Waals surface area contributed by atoms with Gasteiger partial charge in [-0.1, -0.05) is 24.1 Å². The van der Waals surface area contributed by atoms with E-state index in [0.29, 0.717) is 24.9 Å². The van der Waals surface area contributed by atoms with Gasteiger partial charge in [-0.25, -0.2) is 8.78 Å². The predicted molar refractivity (Wildman–Crippen MR) is 107 cm³/mol. The second-order valence-corrected chi connectivity index (χ2v) is 8.31. The first-order valence-electron chi connectivity index (χ1n) is 10.6. The lowest BCUT2D eigenvalue weighted by Gasteiger charge is -2.16. The van der Waals surface area contributed by atoms with Gasteiger partial charge in [0.1, 0.15) is 0 Å². The zero-order chi connectivity index (χ0) is 21.4. The van der Waals surface area contributed by atoms with Crippen LogP contribution in [0.25, 0.3) is 0 Å². The second-order valence-electron chi connectivity index (χ2n) is 8.31. The highest BCUT2D eigenvalue weighted by molar-refractivity contribution is 5.94. The average Bonchev–Trinajstić information content (AvgIpc) is 3.55. The minimum atomic E-state index is -1.04. The fourth-order valence-electron chi connectivity index (χ4n) is 4.71. The maximum Gasteiger partial charge on any atom is 0.254 e. The van der Waals surface area contributed by atoms with Crippen molar-refractivity contribution >= 4 is 5.91 Å². The van der Waals surface area contributed by atoms with Crippen LogP contribution in [0, 0.1) is 11.6 Å². The van der Waals surface area contributed by atoms with E-state index in [1.807, 2.05) is 12.1 Å². The molecule has 1 saturated carbocycles. The molecular weight excluding hydrogens is 402 g/mol. The molecule has 3 aromatic rings. The summed E-state index contributed by atoms with van der Waals surface area (Å²) in [4.78, 5) is 23.6. The van der Waals surface area contributed by atoms with Crippen molar-refractivity contribution in [2.45, 2.75) is 43.4 Å². The first-order chi connectivity index (χ1) is 15.1. The second kappa shape index (κ2) is 8.17. The van der Waals surface area contributed by atoms with Crippen molar-refractivity contribution in [3.05, 3.63) is 77.2 Å². The van der Waals surface area contributed by atoms with E-state index in [1.54, 1.807) is 17.3 Å². The number of carbonyl (C=O) groups excluding carboxylic acids is 1. The van der Waals surface area contributed by atoms with Gasteiger partial charge in [-0.05, 0) is 42.7 Å². The monoisotopic (exact) mass is 424 g/mol. The van der Waals surface area contributed by atoms with Gasteiger partial charge in [0, 0.05) is 42.9 Å². The number of pyridine rings is 1. The van der Waals surface area contributed by atoms with E-state index >= 15 is 0 Å². The molecular formula is C23H22F2N4O2. The van der Waals surface area contributed by atoms with Gasteiger partial charge in [-0.2, -0.15) is 4.98 Å². The lowest BCUT2D eigenvalue weighted by atomic mass is 9.90. The Kier molecular flexibility index (Phi) is 5.21. The highest BCUT2D eigenvalue weighted by Crippen LogP contribution is 2.40. The Bertz CT molecular complexity index is 1080. The van der Waals surface area contributed by atoms with Gasteiger partial charge in [0.25, 0.3) is 5.91 Å². The van der Waals surface area contributed by atoms with E-state index < -0.39 is 11.6 Å². The van der Waals surface area contributed by atoms with Gasteiger partial charge in [0.05, 0.1) is 5.92 Å². The number of carbonyl (C=O) groups is 1. The lowest BCUT2D eigenvalue weighted by Crippen LogP contribution is -2.29. The Labute approximate surface area is 178 Å². The molecule has 160 valence electrons. The smallest absolute Gasteiger partial charge is 0.254 e. The van der Waals surface area contributed by atoms with Gasteiger partial charge >= 0.3 is 0 Å². The zero-order valence-corrected chi connectivity index (χ0v) is 16.9. The van der Waals surface area contributed by atoms with E-state index in [2.05, 4.69) is 10.1 Å². The zero-order valence-electron chi connectivity index (χ0n) is 16.9. The molecule has 0 spiro atoms. The van der Waals surface area contributed by atoms with Crippen molar-refractivity contribution in [1.82, 2.24) is 20.0 Å². The van der Waals surface area contributed by atoms with Gasteiger partial charge in [-0.15, -0.1) is 0 Å². The van der Waals surface area contributed by atoms with Crippen molar-refractivity contribution < 1.29 is 18.1 Å². The molecule has 2 fully saturated rings. The normalized spacial score (nSPS) is 21.7. The molecule has 6 nitrogen and oxygen atoms in total. The summed E-state index contributed by atoms with van der Waals surface area (Å²) >= 11 is 0. The number of rotatable bonds is 4. The number of nitrogens with zero attached hydrogens (tertiary/aromatic N) is 4. The third-order valence-corrected chi connectivity index (χ3v) is 6.38. The van der Waals surface area contributed by atoms with E-state index in [9.17, 15) is 13.6 Å². The molecule has 1 aliphatic heterocycles. The molecule has 3 heterocycles. The number of amides is 1. The van der Waals surface area contributed by atoms with Crippen LogP contribution in [0.2, 0.25) is 0 Å². The van der Waals surface area contributed by atoms with Crippen molar-refractivity contribution in [2.24, 2.45) is 0 Å². The quantitative estimate of drug-likeness (QED) is 0.620. The third-order valence-electron chi connectivity index (χ3n) is 6.38. The predicted octanol–water partition coefficient (Wildman–Crippen LogP) is 4.42. The molecule has 2 aromatic heterocycles. The average molecular weight is 424 g/mol. The molecule has 1 aliphatic carbocycles. The molecule has 5 rings (SSSR count). The minimum Gasteiger partial charge on any atom is -0.339 e. The van der Waals surface area contributed by atoms with Crippen LogP contribution in [0.4, 0.5) is 8.78 Å². The molecule has 31 heavy (non-hydrogen) atoms. The van der Waals surface area contributed by atoms with Gasteiger partial charge < -0.3 is 9.42 Å². The Hall–Kier alpha value is -3.16. The Morgan fingerprint density at radius 1 is 1.06 bits per heavy atom. The van der Waals surface area contributed by atoms with Crippen LogP contribution in [0.1, 0.15) is 71.1 Å². The van der Waals surface area contributed by atoms with E-state index in [4.69, 9.17) is 9.51 Å². The van der Waals surface area contributed by atoms with Crippen LogP contribution in [-0.2, 0) is 0 Å². The van der Waals surface area contributed by atoms with Gasteiger partial charge in [0.15, 0.2) is 17.5 Å². The number of aromatic nitrogens is 3. The molecule has 0 bridgehead atoms. The molecule has 2 atom stereocenters. The number of benzene rings is 1. The lowest BCUT2D eigenvalue weighted by molar-refractivity contribution is 0.0787. The summed E-state index contributed by atoms with van der Waals surface area (Å²) in [6, 6.07) is 7.03. The number of hydrogen-bond acceptors (Lipinski definition) is 5. The Morgan fingerprint density at radius 2 is 1.87 bits per heavy atom. The highest BCUT2D eigenvalue weighted by atomic mass is 19.2. The van der Waals surface area contributed by atoms with Gasteiger partial charge in [-0.3, -0.25) is 9.78 Å². The first-order valence-corrected chi connectivity index (χ1v) is 10.6. The summed E-state index contributed by atoms with van der Waals surface area (Å²) in [5.74, 6) is -1.07. The van der Waals surface area contributed by atoms with Crippen LogP contribution >= 0.6 is 0 Å². The standard InChI is InChI=1S/C23H22F2N4O2/c24-19-8-7-15(10-20(19)25)23(30)29-12-17(16-6-3-9-26-11-16)18(13-29)22-27-21(28-31-22)14-4-1-2-5-14/h3,6-11,14,17-18H,1-2,4-5,12-13H2. The molecule has 1 aromatic carbocycles. The summed E-state index contributed by atoms with van der Waals surface area (Å²) in [7, 11) is 0. The minimum absolute atomic E-state index is 0.0835. The molecule has 0 radical (unpaired) electrons. The third kappa shape index (κ3) is 3.82. The Balaban J connectivity index is 1.44. The maximum atomic E-state index is 13.7. The maximum absolute atomic E-state index is 13.7. The fraction of sp³-hybridized carbons (Fsp3) is 0.391. The summed E-state index contributed by atoms with van der Waals surface area (Å²) in [6.45, 7) is 0.749. The summed E-state index contributed by atoms with van der Waals surface area (Å²) < 4.78 is 32.6. The summed E-state index contributed by atoms with van der Waals surface area (Å²) in [6.07, 6.45) is 7.95. The van der Waals surface area contributed by atoms with Crippen molar-refractivity contribution in [3.63, 3.8) is 0 Å². The molecule has 8 heteroatoms. The van der Waals surface area contributed by atoms with Gasteiger partial charge in [0.2, 0.25) is 5.89 Å². The topological polar surface area (TPSA) is 72.1 Å². The fourth-order valence-corrected chi connectivity index (χ4v) is 4.71. The van der Waals surface area contributed by atoms with Crippen LogP contribution in [0.15, 0.2) is 47.2 Å². The molecule has 2 aliphatic rings.